The highest BCUT2D eigenvalue weighted by Crippen LogP contribution is 2.24. The standard InChI is InChI=1S/C14H12FN3O/c1-2-18-11-5-13(9-17-8-11)19-12-4-3-10(7-16)14(15)6-12/h3-6,8-9,18H,2H2,1H3. The molecule has 2 rings (SSSR count). The second-order valence-corrected chi connectivity index (χ2v) is 3.80. The van der Waals surface area contributed by atoms with Gasteiger partial charge in [-0.25, -0.2) is 4.39 Å². The van der Waals surface area contributed by atoms with Gasteiger partial charge in [0.05, 0.1) is 23.6 Å². The van der Waals surface area contributed by atoms with Gasteiger partial charge in [0, 0.05) is 18.7 Å². The van der Waals surface area contributed by atoms with Gasteiger partial charge in [-0.2, -0.15) is 5.26 Å². The van der Waals surface area contributed by atoms with Crippen molar-refractivity contribution >= 4 is 5.69 Å². The number of benzene rings is 1. The van der Waals surface area contributed by atoms with Gasteiger partial charge in [0.15, 0.2) is 0 Å². The molecule has 2 aromatic rings. The lowest BCUT2D eigenvalue weighted by molar-refractivity contribution is 0.474. The smallest absolute Gasteiger partial charge is 0.147 e. The highest BCUT2D eigenvalue weighted by atomic mass is 19.1. The highest BCUT2D eigenvalue weighted by Gasteiger charge is 2.05. The largest absolute Gasteiger partial charge is 0.456 e. The second-order valence-electron chi connectivity index (χ2n) is 3.80. The maximum atomic E-state index is 13.4. The van der Waals surface area contributed by atoms with Crippen molar-refractivity contribution in [1.82, 2.24) is 4.98 Å². The fourth-order valence-corrected chi connectivity index (χ4v) is 1.56. The average Bonchev–Trinajstić information content (AvgIpc) is 2.40. The van der Waals surface area contributed by atoms with Crippen LogP contribution in [0.5, 0.6) is 11.5 Å². The molecular weight excluding hydrogens is 245 g/mol. The van der Waals surface area contributed by atoms with Gasteiger partial charge >= 0.3 is 0 Å². The summed E-state index contributed by atoms with van der Waals surface area (Å²) in [6, 6.07) is 7.63. The fraction of sp³-hybridized carbons (Fsp3) is 0.143. The van der Waals surface area contributed by atoms with Gasteiger partial charge < -0.3 is 10.1 Å². The quantitative estimate of drug-likeness (QED) is 0.912. The highest BCUT2D eigenvalue weighted by molar-refractivity contribution is 5.46. The van der Waals surface area contributed by atoms with Crippen LogP contribution in [0.3, 0.4) is 0 Å². The molecule has 0 aliphatic rings. The topological polar surface area (TPSA) is 57.9 Å². The molecule has 0 atom stereocenters. The molecule has 5 heteroatoms. The molecule has 1 N–H and O–H groups in total. The first-order chi connectivity index (χ1) is 9.22. The van der Waals surface area contributed by atoms with Gasteiger partial charge in [-0.05, 0) is 19.1 Å². The van der Waals surface area contributed by atoms with Gasteiger partial charge in [0.25, 0.3) is 0 Å². The minimum absolute atomic E-state index is 0.00752. The zero-order chi connectivity index (χ0) is 13.7. The number of anilines is 1. The number of nitriles is 1. The molecule has 0 bridgehead atoms. The van der Waals surface area contributed by atoms with E-state index in [-0.39, 0.29) is 5.56 Å². The van der Waals surface area contributed by atoms with Gasteiger partial charge in [-0.15, -0.1) is 0 Å². The number of hydrogen-bond donors (Lipinski definition) is 1. The Labute approximate surface area is 110 Å². The third-order valence-corrected chi connectivity index (χ3v) is 2.39. The SMILES string of the molecule is CCNc1cncc(Oc2ccc(C#N)c(F)c2)c1. The Bertz CT molecular complexity index is 622. The molecule has 0 saturated carbocycles. The molecular formula is C14H12FN3O. The van der Waals surface area contributed by atoms with E-state index in [0.717, 1.165) is 12.2 Å². The van der Waals surface area contributed by atoms with Crippen molar-refractivity contribution in [2.45, 2.75) is 6.92 Å². The first-order valence-corrected chi connectivity index (χ1v) is 5.79. The van der Waals surface area contributed by atoms with E-state index >= 15 is 0 Å². The van der Waals surface area contributed by atoms with E-state index in [1.54, 1.807) is 24.4 Å². The van der Waals surface area contributed by atoms with E-state index in [0.29, 0.717) is 11.5 Å². The van der Waals surface area contributed by atoms with Crippen molar-refractivity contribution in [3.63, 3.8) is 0 Å². The fourth-order valence-electron chi connectivity index (χ4n) is 1.56. The summed E-state index contributed by atoms with van der Waals surface area (Å²) in [4.78, 5) is 4.02. The molecule has 0 fully saturated rings. The number of halogens is 1. The van der Waals surface area contributed by atoms with Gasteiger partial charge in [0.2, 0.25) is 0 Å². The summed E-state index contributed by atoms with van der Waals surface area (Å²) in [5.74, 6) is 0.227. The maximum Gasteiger partial charge on any atom is 0.147 e. The zero-order valence-electron chi connectivity index (χ0n) is 10.4. The molecule has 96 valence electrons. The Hall–Kier alpha value is -2.61. The summed E-state index contributed by atoms with van der Waals surface area (Å²) >= 11 is 0. The van der Waals surface area contributed by atoms with Crippen LogP contribution in [0.4, 0.5) is 10.1 Å². The Morgan fingerprint density at radius 2 is 2.16 bits per heavy atom. The van der Waals surface area contributed by atoms with Crippen LogP contribution in [0.15, 0.2) is 36.7 Å². The molecule has 1 aromatic heterocycles. The van der Waals surface area contributed by atoms with Crippen LogP contribution in [-0.4, -0.2) is 11.5 Å². The van der Waals surface area contributed by atoms with Crippen molar-refractivity contribution in [3.05, 3.63) is 48.0 Å². The third-order valence-electron chi connectivity index (χ3n) is 2.39. The van der Waals surface area contributed by atoms with Gasteiger partial charge in [-0.1, -0.05) is 0 Å². The first-order valence-electron chi connectivity index (χ1n) is 5.79. The van der Waals surface area contributed by atoms with E-state index in [4.69, 9.17) is 10.00 Å². The van der Waals surface area contributed by atoms with Crippen LogP contribution in [-0.2, 0) is 0 Å². The minimum atomic E-state index is -0.601. The Morgan fingerprint density at radius 3 is 2.84 bits per heavy atom. The van der Waals surface area contributed by atoms with E-state index in [1.165, 1.54) is 18.3 Å². The minimum Gasteiger partial charge on any atom is -0.456 e. The lowest BCUT2D eigenvalue weighted by atomic mass is 10.2. The third kappa shape index (κ3) is 3.19. The number of ether oxygens (including phenoxy) is 1. The average molecular weight is 257 g/mol. The second kappa shape index (κ2) is 5.83. The van der Waals surface area contributed by atoms with Crippen LogP contribution < -0.4 is 10.1 Å². The van der Waals surface area contributed by atoms with E-state index < -0.39 is 5.82 Å². The normalized spacial score (nSPS) is 9.74. The number of pyridine rings is 1. The van der Waals surface area contributed by atoms with Crippen molar-refractivity contribution < 1.29 is 9.13 Å². The molecule has 0 unspecified atom stereocenters. The van der Waals surface area contributed by atoms with Crippen LogP contribution in [0, 0.1) is 17.1 Å². The zero-order valence-corrected chi connectivity index (χ0v) is 10.4. The van der Waals surface area contributed by atoms with E-state index in [2.05, 4.69) is 10.3 Å². The molecule has 0 saturated heterocycles. The predicted molar refractivity (Wildman–Crippen MR) is 69.6 cm³/mol. The van der Waals surface area contributed by atoms with Crippen molar-refractivity contribution in [2.24, 2.45) is 0 Å². The molecule has 1 heterocycles. The number of hydrogen-bond acceptors (Lipinski definition) is 4. The summed E-state index contributed by atoms with van der Waals surface area (Å²) in [6.45, 7) is 2.75. The Balaban J connectivity index is 2.19. The maximum absolute atomic E-state index is 13.4. The van der Waals surface area contributed by atoms with Crippen molar-refractivity contribution in [2.75, 3.05) is 11.9 Å². The first kappa shape index (κ1) is 12.8. The molecule has 0 aliphatic carbocycles. The Morgan fingerprint density at radius 1 is 1.32 bits per heavy atom. The lowest BCUT2D eigenvalue weighted by Crippen LogP contribution is -1.97. The van der Waals surface area contributed by atoms with Crippen molar-refractivity contribution in [1.29, 1.82) is 5.26 Å². The van der Waals surface area contributed by atoms with Crippen LogP contribution in [0.25, 0.3) is 0 Å². The summed E-state index contributed by atoms with van der Waals surface area (Å²) in [7, 11) is 0. The van der Waals surface area contributed by atoms with E-state index in [9.17, 15) is 4.39 Å². The Kier molecular flexibility index (Phi) is 3.94. The van der Waals surface area contributed by atoms with Crippen LogP contribution >= 0.6 is 0 Å². The molecule has 4 nitrogen and oxygen atoms in total. The molecule has 1 aromatic carbocycles. The van der Waals surface area contributed by atoms with Gasteiger partial charge in [-0.3, -0.25) is 4.98 Å². The number of rotatable bonds is 4. The lowest BCUT2D eigenvalue weighted by Gasteiger charge is -2.08. The predicted octanol–water partition coefficient (Wildman–Crippen LogP) is 3.32. The number of nitrogens with zero attached hydrogens (tertiary/aromatic N) is 2. The number of aromatic nitrogens is 1. The molecule has 19 heavy (non-hydrogen) atoms. The summed E-state index contributed by atoms with van der Waals surface area (Å²) in [5, 5.41) is 11.7. The molecule has 0 spiro atoms. The molecule has 0 aliphatic heterocycles. The number of nitrogens with one attached hydrogen (secondary N) is 1. The van der Waals surface area contributed by atoms with Crippen LogP contribution in [0.1, 0.15) is 12.5 Å². The summed E-state index contributed by atoms with van der Waals surface area (Å²) < 4.78 is 18.9. The van der Waals surface area contributed by atoms with Gasteiger partial charge in [0.1, 0.15) is 23.4 Å². The summed E-state index contributed by atoms with van der Waals surface area (Å²) in [6.07, 6.45) is 3.21. The van der Waals surface area contributed by atoms with E-state index in [1.807, 2.05) is 6.92 Å². The molecule has 0 amide bonds. The monoisotopic (exact) mass is 257 g/mol. The van der Waals surface area contributed by atoms with Crippen molar-refractivity contribution in [3.8, 4) is 17.6 Å². The van der Waals surface area contributed by atoms with Crippen LogP contribution in [0.2, 0.25) is 0 Å². The molecule has 0 radical (unpaired) electrons. The summed E-state index contributed by atoms with van der Waals surface area (Å²) in [5.41, 5.74) is 0.820.